The molecule has 70 valence electrons. The van der Waals surface area contributed by atoms with E-state index in [-0.39, 0.29) is 24.0 Å². The first-order valence-corrected chi connectivity index (χ1v) is 4.38. The molecule has 4 nitrogen and oxygen atoms in total. The molecule has 0 spiro atoms. The van der Waals surface area contributed by atoms with Crippen molar-refractivity contribution in [3.05, 3.63) is 0 Å². The van der Waals surface area contributed by atoms with E-state index in [2.05, 4.69) is 5.32 Å². The van der Waals surface area contributed by atoms with Crippen molar-refractivity contribution in [3.63, 3.8) is 0 Å². The summed E-state index contributed by atoms with van der Waals surface area (Å²) in [4.78, 5) is 10.7. The number of nitrogens with one attached hydrogen (secondary N) is 1. The Balaban J connectivity index is 2.35. The summed E-state index contributed by atoms with van der Waals surface area (Å²) in [7, 11) is 0. The average molecular weight is 171 g/mol. The van der Waals surface area contributed by atoms with Crippen molar-refractivity contribution in [2.45, 2.75) is 44.3 Å². The third kappa shape index (κ3) is 2.46. The lowest BCUT2D eigenvalue weighted by atomic mass is 9.88. The molecule has 5 N–H and O–H groups in total. The van der Waals surface area contributed by atoms with Gasteiger partial charge in [0.1, 0.15) is 0 Å². The second kappa shape index (κ2) is 3.87. The Morgan fingerprint density at radius 1 is 1.33 bits per heavy atom. The van der Waals surface area contributed by atoms with Gasteiger partial charge in [-0.3, -0.25) is 4.79 Å². The number of rotatable bonds is 1. The van der Waals surface area contributed by atoms with Crippen LogP contribution in [0.2, 0.25) is 0 Å². The smallest absolute Gasteiger partial charge is 0.217 e. The zero-order chi connectivity index (χ0) is 9.14. The third-order valence-corrected chi connectivity index (χ3v) is 2.36. The zero-order valence-electron chi connectivity index (χ0n) is 7.42. The molecular weight excluding hydrogens is 154 g/mol. The molecule has 1 aliphatic carbocycles. The lowest BCUT2D eigenvalue weighted by Gasteiger charge is -2.31. The monoisotopic (exact) mass is 171 g/mol. The number of carbonyl (C=O) groups is 1. The van der Waals surface area contributed by atoms with Crippen molar-refractivity contribution in [2.24, 2.45) is 11.5 Å². The fourth-order valence-corrected chi connectivity index (χ4v) is 1.65. The van der Waals surface area contributed by atoms with E-state index in [9.17, 15) is 4.79 Å². The summed E-state index contributed by atoms with van der Waals surface area (Å²) in [6.45, 7) is 1.53. The van der Waals surface area contributed by atoms with Crippen LogP contribution in [-0.2, 0) is 4.79 Å². The van der Waals surface area contributed by atoms with E-state index in [0.717, 1.165) is 19.3 Å². The number of hydrogen-bond acceptors (Lipinski definition) is 3. The van der Waals surface area contributed by atoms with Gasteiger partial charge in [0.15, 0.2) is 0 Å². The van der Waals surface area contributed by atoms with Gasteiger partial charge < -0.3 is 16.8 Å². The first-order chi connectivity index (χ1) is 5.59. The summed E-state index contributed by atoms with van der Waals surface area (Å²) >= 11 is 0. The first-order valence-electron chi connectivity index (χ1n) is 4.38. The minimum absolute atomic E-state index is 0.0164. The quantitative estimate of drug-likeness (QED) is 0.489. The Kier molecular flexibility index (Phi) is 3.05. The second-order valence-corrected chi connectivity index (χ2v) is 3.54. The molecule has 3 atom stereocenters. The molecule has 1 rings (SSSR count). The summed E-state index contributed by atoms with van der Waals surface area (Å²) in [5.74, 6) is 0.0164. The predicted octanol–water partition coefficient (Wildman–Crippen LogP) is -0.670. The lowest BCUT2D eigenvalue weighted by Crippen LogP contribution is -2.51. The molecule has 1 fully saturated rings. The predicted molar refractivity (Wildman–Crippen MR) is 47.4 cm³/mol. The minimum Gasteiger partial charge on any atom is -0.354 e. The maximum Gasteiger partial charge on any atom is 0.217 e. The summed E-state index contributed by atoms with van der Waals surface area (Å²) in [5, 5.41) is 2.86. The summed E-state index contributed by atoms with van der Waals surface area (Å²) < 4.78 is 0. The fraction of sp³-hybridized carbons (Fsp3) is 0.875. The average Bonchev–Trinajstić information content (AvgIpc) is 1.96. The molecule has 0 aromatic carbocycles. The number of carbonyl (C=O) groups excluding carboxylic acids is 1. The van der Waals surface area contributed by atoms with Crippen LogP contribution in [0, 0.1) is 0 Å². The van der Waals surface area contributed by atoms with Crippen molar-refractivity contribution in [1.82, 2.24) is 5.32 Å². The SMILES string of the molecule is CC(=O)NC1CC[C@H](N)[C@H](N)C1. The van der Waals surface area contributed by atoms with Gasteiger partial charge in [-0.05, 0) is 19.3 Å². The standard InChI is InChI=1S/C8H17N3O/c1-5(12)11-6-2-3-7(9)8(10)4-6/h6-8H,2-4,9-10H2,1H3,(H,11,12)/t6?,7-,8+/m0/s1. The van der Waals surface area contributed by atoms with Crippen LogP contribution in [0.25, 0.3) is 0 Å². The molecule has 0 aliphatic heterocycles. The van der Waals surface area contributed by atoms with Gasteiger partial charge in [0.05, 0.1) is 0 Å². The highest BCUT2D eigenvalue weighted by molar-refractivity contribution is 5.73. The van der Waals surface area contributed by atoms with Crippen molar-refractivity contribution in [3.8, 4) is 0 Å². The number of hydrogen-bond donors (Lipinski definition) is 3. The number of amides is 1. The zero-order valence-corrected chi connectivity index (χ0v) is 7.42. The van der Waals surface area contributed by atoms with E-state index in [1.54, 1.807) is 0 Å². The van der Waals surface area contributed by atoms with Crippen LogP contribution in [0.3, 0.4) is 0 Å². The molecule has 4 heteroatoms. The fourth-order valence-electron chi connectivity index (χ4n) is 1.65. The first kappa shape index (κ1) is 9.48. The topological polar surface area (TPSA) is 81.1 Å². The summed E-state index contributed by atoms with van der Waals surface area (Å²) in [6.07, 6.45) is 2.67. The van der Waals surface area contributed by atoms with Gasteiger partial charge in [0.2, 0.25) is 5.91 Å². The van der Waals surface area contributed by atoms with E-state index < -0.39 is 0 Å². The van der Waals surface area contributed by atoms with Crippen molar-refractivity contribution < 1.29 is 4.79 Å². The molecule has 1 aliphatic rings. The molecule has 0 bridgehead atoms. The molecule has 1 saturated carbocycles. The molecule has 12 heavy (non-hydrogen) atoms. The molecule has 1 unspecified atom stereocenters. The maximum atomic E-state index is 10.7. The highest BCUT2D eigenvalue weighted by atomic mass is 16.1. The third-order valence-electron chi connectivity index (χ3n) is 2.36. The number of nitrogens with two attached hydrogens (primary N) is 2. The summed E-state index contributed by atoms with van der Waals surface area (Å²) in [6, 6.07) is 0.378. The largest absolute Gasteiger partial charge is 0.354 e. The van der Waals surface area contributed by atoms with Crippen LogP contribution in [-0.4, -0.2) is 24.0 Å². The van der Waals surface area contributed by atoms with Gasteiger partial charge in [-0.25, -0.2) is 0 Å². The van der Waals surface area contributed by atoms with Crippen LogP contribution in [0.15, 0.2) is 0 Å². The van der Waals surface area contributed by atoms with Crippen LogP contribution < -0.4 is 16.8 Å². The van der Waals surface area contributed by atoms with E-state index in [1.807, 2.05) is 0 Å². The molecule has 1 amide bonds. The van der Waals surface area contributed by atoms with E-state index in [1.165, 1.54) is 6.92 Å². The van der Waals surface area contributed by atoms with Gasteiger partial charge in [-0.2, -0.15) is 0 Å². The van der Waals surface area contributed by atoms with Gasteiger partial charge in [0.25, 0.3) is 0 Å². The highest BCUT2D eigenvalue weighted by Gasteiger charge is 2.25. The Hall–Kier alpha value is -0.610. The van der Waals surface area contributed by atoms with Crippen molar-refractivity contribution in [1.29, 1.82) is 0 Å². The Morgan fingerprint density at radius 2 is 2.00 bits per heavy atom. The Morgan fingerprint density at radius 3 is 2.50 bits per heavy atom. The normalized spacial score (nSPS) is 36.1. The van der Waals surface area contributed by atoms with Crippen LogP contribution >= 0.6 is 0 Å². The van der Waals surface area contributed by atoms with Crippen LogP contribution in [0.1, 0.15) is 26.2 Å². The van der Waals surface area contributed by atoms with Gasteiger partial charge in [-0.1, -0.05) is 0 Å². The molecule has 0 saturated heterocycles. The maximum absolute atomic E-state index is 10.7. The Labute approximate surface area is 72.7 Å². The van der Waals surface area contributed by atoms with E-state index >= 15 is 0 Å². The highest BCUT2D eigenvalue weighted by Crippen LogP contribution is 2.15. The summed E-state index contributed by atoms with van der Waals surface area (Å²) in [5.41, 5.74) is 11.5. The lowest BCUT2D eigenvalue weighted by molar-refractivity contribution is -0.119. The molecule has 0 radical (unpaired) electrons. The van der Waals surface area contributed by atoms with Gasteiger partial charge in [0, 0.05) is 25.0 Å². The molecule has 0 heterocycles. The minimum atomic E-state index is 0.0164. The molecule has 0 aromatic rings. The van der Waals surface area contributed by atoms with Gasteiger partial charge >= 0.3 is 0 Å². The van der Waals surface area contributed by atoms with E-state index in [4.69, 9.17) is 11.5 Å². The van der Waals surface area contributed by atoms with E-state index in [0.29, 0.717) is 0 Å². The van der Waals surface area contributed by atoms with Crippen LogP contribution in [0.4, 0.5) is 0 Å². The second-order valence-electron chi connectivity index (χ2n) is 3.54. The van der Waals surface area contributed by atoms with Gasteiger partial charge in [-0.15, -0.1) is 0 Å². The van der Waals surface area contributed by atoms with Crippen molar-refractivity contribution in [2.75, 3.05) is 0 Å². The van der Waals surface area contributed by atoms with Crippen molar-refractivity contribution >= 4 is 5.91 Å². The van der Waals surface area contributed by atoms with Crippen LogP contribution in [0.5, 0.6) is 0 Å². The molecule has 0 aromatic heterocycles. The Bertz CT molecular complexity index is 172. The molecular formula is C8H17N3O.